The predicted octanol–water partition coefficient (Wildman–Crippen LogP) is 2.15. The maximum atomic E-state index is 11.8. The Morgan fingerprint density at radius 2 is 2.28 bits per heavy atom. The first-order valence-corrected chi connectivity index (χ1v) is 9.32. The smallest absolute Gasteiger partial charge is 0.217 e. The summed E-state index contributed by atoms with van der Waals surface area (Å²) in [5.74, 6) is 0.953. The van der Waals surface area contributed by atoms with E-state index in [0.717, 1.165) is 42.6 Å². The Labute approximate surface area is 152 Å². The van der Waals surface area contributed by atoms with Gasteiger partial charge in [0.05, 0.1) is 0 Å². The number of aromatic nitrogens is 2. The molecular formula is C18H25N5OS. The van der Waals surface area contributed by atoms with Crippen LogP contribution in [0.4, 0.5) is 5.82 Å². The Balaban J connectivity index is 1.78. The number of rotatable bonds is 5. The highest BCUT2D eigenvalue weighted by Crippen LogP contribution is 2.35. The van der Waals surface area contributed by atoms with E-state index in [1.165, 1.54) is 5.56 Å². The number of amides is 1. The minimum Gasteiger partial charge on any atom is -0.363 e. The molecule has 0 spiro atoms. The van der Waals surface area contributed by atoms with Crippen molar-refractivity contribution in [2.45, 2.75) is 32.4 Å². The molecule has 1 unspecified atom stereocenters. The van der Waals surface area contributed by atoms with Crippen LogP contribution in [0.25, 0.3) is 0 Å². The fourth-order valence-corrected chi connectivity index (χ4v) is 4.30. The van der Waals surface area contributed by atoms with Gasteiger partial charge in [0.15, 0.2) is 0 Å². The SMILES string of the molecule is CC(=O)NC1(c2nc(C)cs2)CCN(Cc2ccnc(N(C)C)c2)C1. The number of hydrogen-bond donors (Lipinski definition) is 1. The fourth-order valence-electron chi connectivity index (χ4n) is 3.33. The molecular weight excluding hydrogens is 334 g/mol. The minimum absolute atomic E-state index is 0.00601. The van der Waals surface area contributed by atoms with Crippen molar-refractivity contribution in [1.82, 2.24) is 20.2 Å². The molecule has 134 valence electrons. The molecule has 3 rings (SSSR count). The number of thiazole rings is 1. The first kappa shape index (κ1) is 17.8. The quantitative estimate of drug-likeness (QED) is 0.886. The van der Waals surface area contributed by atoms with Crippen LogP contribution < -0.4 is 10.2 Å². The summed E-state index contributed by atoms with van der Waals surface area (Å²) in [7, 11) is 3.99. The van der Waals surface area contributed by atoms with Crippen LogP contribution in [0.2, 0.25) is 0 Å². The second-order valence-electron chi connectivity index (χ2n) is 6.93. The molecule has 1 N–H and O–H groups in total. The van der Waals surface area contributed by atoms with E-state index >= 15 is 0 Å². The van der Waals surface area contributed by atoms with Gasteiger partial charge in [-0.1, -0.05) is 0 Å². The highest BCUT2D eigenvalue weighted by Gasteiger charge is 2.42. The molecule has 0 saturated carbocycles. The number of aryl methyl sites for hydroxylation is 1. The van der Waals surface area contributed by atoms with Gasteiger partial charge in [0.25, 0.3) is 0 Å². The Morgan fingerprint density at radius 1 is 1.48 bits per heavy atom. The zero-order valence-corrected chi connectivity index (χ0v) is 16.1. The molecule has 0 bridgehead atoms. The standard InChI is InChI=1S/C18H25N5OS/c1-13-11-25-17(20-13)18(21-14(2)24)6-8-23(12-18)10-15-5-7-19-16(9-15)22(3)4/h5,7,9,11H,6,8,10,12H2,1-4H3,(H,21,24). The largest absolute Gasteiger partial charge is 0.363 e. The van der Waals surface area contributed by atoms with Gasteiger partial charge in [-0.2, -0.15) is 0 Å². The van der Waals surface area contributed by atoms with E-state index in [2.05, 4.69) is 32.3 Å². The van der Waals surface area contributed by atoms with Gasteiger partial charge in [-0.05, 0) is 31.0 Å². The van der Waals surface area contributed by atoms with Gasteiger partial charge in [-0.15, -0.1) is 11.3 Å². The number of hydrogen-bond acceptors (Lipinski definition) is 6. The van der Waals surface area contributed by atoms with Crippen LogP contribution in [0.1, 0.15) is 29.6 Å². The number of carbonyl (C=O) groups is 1. The molecule has 1 atom stereocenters. The van der Waals surface area contributed by atoms with E-state index in [1.807, 2.05) is 37.5 Å². The second kappa shape index (κ2) is 7.09. The van der Waals surface area contributed by atoms with Crippen LogP contribution in [0, 0.1) is 6.92 Å². The van der Waals surface area contributed by atoms with Crippen molar-refractivity contribution in [2.75, 3.05) is 32.1 Å². The summed E-state index contributed by atoms with van der Waals surface area (Å²) >= 11 is 1.63. The molecule has 0 aromatic carbocycles. The lowest BCUT2D eigenvalue weighted by Crippen LogP contribution is -2.47. The summed E-state index contributed by atoms with van der Waals surface area (Å²) in [6, 6.07) is 4.17. The average molecular weight is 359 g/mol. The number of pyridine rings is 1. The molecule has 1 fully saturated rings. The third-order valence-corrected chi connectivity index (χ3v) is 5.63. The monoisotopic (exact) mass is 359 g/mol. The van der Waals surface area contributed by atoms with Crippen molar-refractivity contribution in [1.29, 1.82) is 0 Å². The van der Waals surface area contributed by atoms with Crippen molar-refractivity contribution in [3.8, 4) is 0 Å². The zero-order valence-electron chi connectivity index (χ0n) is 15.2. The van der Waals surface area contributed by atoms with E-state index in [9.17, 15) is 4.79 Å². The van der Waals surface area contributed by atoms with Gasteiger partial charge in [0.2, 0.25) is 5.91 Å². The van der Waals surface area contributed by atoms with E-state index in [4.69, 9.17) is 0 Å². The van der Waals surface area contributed by atoms with Crippen molar-refractivity contribution in [3.63, 3.8) is 0 Å². The molecule has 0 radical (unpaired) electrons. The van der Waals surface area contributed by atoms with Gasteiger partial charge in [0, 0.05) is 57.9 Å². The molecule has 1 saturated heterocycles. The first-order chi connectivity index (χ1) is 11.9. The van der Waals surface area contributed by atoms with Gasteiger partial charge < -0.3 is 10.2 Å². The lowest BCUT2D eigenvalue weighted by Gasteiger charge is -2.28. The second-order valence-corrected chi connectivity index (χ2v) is 7.79. The molecule has 6 nitrogen and oxygen atoms in total. The molecule has 7 heteroatoms. The highest BCUT2D eigenvalue weighted by molar-refractivity contribution is 7.09. The third kappa shape index (κ3) is 3.99. The maximum Gasteiger partial charge on any atom is 0.217 e. The lowest BCUT2D eigenvalue weighted by molar-refractivity contribution is -0.120. The van der Waals surface area contributed by atoms with Crippen molar-refractivity contribution in [3.05, 3.63) is 40.0 Å². The summed E-state index contributed by atoms with van der Waals surface area (Å²) in [5, 5.41) is 6.23. The topological polar surface area (TPSA) is 61.4 Å². The molecule has 0 aliphatic carbocycles. The fraction of sp³-hybridized carbons (Fsp3) is 0.500. The number of anilines is 1. The molecule has 1 amide bonds. The third-order valence-electron chi connectivity index (χ3n) is 4.47. The average Bonchev–Trinajstić information content (AvgIpc) is 3.15. The summed E-state index contributed by atoms with van der Waals surface area (Å²) in [5.41, 5.74) is 1.86. The molecule has 25 heavy (non-hydrogen) atoms. The Hall–Kier alpha value is -1.99. The van der Waals surface area contributed by atoms with Crippen LogP contribution in [0.3, 0.4) is 0 Å². The van der Waals surface area contributed by atoms with Crippen LogP contribution in [0.15, 0.2) is 23.7 Å². The van der Waals surface area contributed by atoms with Crippen LogP contribution >= 0.6 is 11.3 Å². The van der Waals surface area contributed by atoms with Gasteiger partial charge in [-0.25, -0.2) is 9.97 Å². The summed E-state index contributed by atoms with van der Waals surface area (Å²) in [4.78, 5) is 25.2. The lowest BCUT2D eigenvalue weighted by atomic mass is 9.99. The minimum atomic E-state index is -0.373. The van der Waals surface area contributed by atoms with Crippen molar-refractivity contribution < 1.29 is 4.79 Å². The van der Waals surface area contributed by atoms with Crippen LogP contribution in [0.5, 0.6) is 0 Å². The molecule has 1 aliphatic heterocycles. The van der Waals surface area contributed by atoms with E-state index in [0.29, 0.717) is 0 Å². The van der Waals surface area contributed by atoms with E-state index in [1.54, 1.807) is 18.3 Å². The maximum absolute atomic E-state index is 11.8. The molecule has 2 aromatic heterocycles. The van der Waals surface area contributed by atoms with Crippen LogP contribution in [-0.4, -0.2) is 48.0 Å². The number of nitrogens with zero attached hydrogens (tertiary/aromatic N) is 4. The first-order valence-electron chi connectivity index (χ1n) is 8.44. The van der Waals surface area contributed by atoms with Gasteiger partial charge in [0.1, 0.15) is 16.4 Å². The van der Waals surface area contributed by atoms with Crippen molar-refractivity contribution in [2.24, 2.45) is 0 Å². The molecule has 3 heterocycles. The van der Waals surface area contributed by atoms with E-state index < -0.39 is 0 Å². The number of likely N-dealkylation sites (tertiary alicyclic amines) is 1. The normalized spacial score (nSPS) is 20.6. The highest BCUT2D eigenvalue weighted by atomic mass is 32.1. The number of carbonyl (C=O) groups excluding carboxylic acids is 1. The van der Waals surface area contributed by atoms with Gasteiger partial charge >= 0.3 is 0 Å². The summed E-state index contributed by atoms with van der Waals surface area (Å²) in [6.45, 7) is 6.12. The Kier molecular flexibility index (Phi) is 5.06. The Bertz CT molecular complexity index is 759. The Morgan fingerprint density at radius 3 is 2.92 bits per heavy atom. The van der Waals surface area contributed by atoms with Crippen molar-refractivity contribution >= 4 is 23.1 Å². The number of nitrogens with one attached hydrogen (secondary N) is 1. The van der Waals surface area contributed by atoms with Gasteiger partial charge in [-0.3, -0.25) is 9.69 Å². The molecule has 2 aromatic rings. The zero-order chi connectivity index (χ0) is 18.0. The summed E-state index contributed by atoms with van der Waals surface area (Å²) in [6.07, 6.45) is 2.73. The molecule has 1 aliphatic rings. The van der Waals surface area contributed by atoms with Crippen LogP contribution in [-0.2, 0) is 16.9 Å². The predicted molar refractivity (Wildman–Crippen MR) is 101 cm³/mol. The summed E-state index contributed by atoms with van der Waals surface area (Å²) < 4.78 is 0. The van der Waals surface area contributed by atoms with E-state index in [-0.39, 0.29) is 11.4 Å².